The summed E-state index contributed by atoms with van der Waals surface area (Å²) in [7, 11) is 0. The van der Waals surface area contributed by atoms with Crippen LogP contribution in [0.4, 0.5) is 0 Å². The summed E-state index contributed by atoms with van der Waals surface area (Å²) in [6.45, 7) is 2.26. The molecule has 2 nitrogen and oxygen atoms in total. The van der Waals surface area contributed by atoms with Crippen LogP contribution in [-0.2, 0) is 11.2 Å². The summed E-state index contributed by atoms with van der Waals surface area (Å²) in [5.74, 6) is -0.130. The van der Waals surface area contributed by atoms with Gasteiger partial charge in [-0.2, -0.15) is 0 Å². The molecule has 1 aromatic heterocycles. The number of nitrogens with one attached hydrogen (secondary N) is 1. The Hall–Kier alpha value is -0.250. The van der Waals surface area contributed by atoms with Gasteiger partial charge < -0.3 is 5.32 Å². The third-order valence-electron chi connectivity index (χ3n) is 1.66. The van der Waals surface area contributed by atoms with Gasteiger partial charge in [0.05, 0.1) is 4.34 Å². The molecule has 0 aliphatic carbocycles. The number of carbonyl (C=O) groups is 1. The van der Waals surface area contributed by atoms with Crippen LogP contribution in [-0.4, -0.2) is 17.8 Å². The van der Waals surface area contributed by atoms with Crippen LogP contribution in [0.15, 0.2) is 12.1 Å². The second-order valence-electron chi connectivity index (χ2n) is 2.86. The topological polar surface area (TPSA) is 29.1 Å². The summed E-state index contributed by atoms with van der Waals surface area (Å²) in [6, 6.07) is 3.82. The number of hydrogen-bond acceptors (Lipinski definition) is 2. The van der Waals surface area contributed by atoms with E-state index < -0.39 is 5.38 Å². The van der Waals surface area contributed by atoms with Crippen molar-refractivity contribution in [2.24, 2.45) is 0 Å². The predicted octanol–water partition coefficient (Wildman–Crippen LogP) is 2.69. The van der Waals surface area contributed by atoms with Crippen molar-refractivity contribution < 1.29 is 4.79 Å². The van der Waals surface area contributed by atoms with E-state index in [0.29, 0.717) is 6.54 Å². The van der Waals surface area contributed by atoms with Crippen LogP contribution in [0.1, 0.15) is 11.8 Å². The van der Waals surface area contributed by atoms with Crippen molar-refractivity contribution in [3.05, 3.63) is 21.3 Å². The zero-order valence-electron chi connectivity index (χ0n) is 7.72. The number of amides is 1. The lowest BCUT2D eigenvalue weighted by Crippen LogP contribution is -2.31. The molecule has 0 radical (unpaired) electrons. The minimum absolute atomic E-state index is 0.130. The van der Waals surface area contributed by atoms with Crippen LogP contribution in [0.3, 0.4) is 0 Å². The Bertz CT molecular complexity index is 312. The fourth-order valence-electron chi connectivity index (χ4n) is 0.936. The fraction of sp³-hybridized carbons (Fsp3) is 0.444. The molecule has 1 aromatic rings. The van der Waals surface area contributed by atoms with Crippen molar-refractivity contribution >= 4 is 40.4 Å². The summed E-state index contributed by atoms with van der Waals surface area (Å²) < 4.78 is 0.775. The molecule has 1 heterocycles. The molecule has 0 aliphatic rings. The maximum Gasteiger partial charge on any atom is 0.237 e. The Morgan fingerprint density at radius 1 is 1.64 bits per heavy atom. The number of halogens is 2. The van der Waals surface area contributed by atoms with Crippen molar-refractivity contribution in [3.8, 4) is 0 Å². The average molecular weight is 252 g/mol. The molecule has 78 valence electrons. The Morgan fingerprint density at radius 3 is 2.86 bits per heavy atom. The van der Waals surface area contributed by atoms with Crippen molar-refractivity contribution in [3.63, 3.8) is 0 Å². The van der Waals surface area contributed by atoms with E-state index in [1.807, 2.05) is 12.1 Å². The molecule has 0 aromatic carbocycles. The molecule has 1 amide bonds. The molecule has 0 saturated carbocycles. The lowest BCUT2D eigenvalue weighted by molar-refractivity contribution is -0.120. The standard InChI is InChI=1S/C9H11Cl2NOS/c1-6(10)9(13)12-5-4-7-2-3-8(11)14-7/h2-3,6H,4-5H2,1H3,(H,12,13). The van der Waals surface area contributed by atoms with Crippen LogP contribution < -0.4 is 5.32 Å². The molecular formula is C9H11Cl2NOS. The van der Waals surface area contributed by atoms with Crippen LogP contribution in [0.25, 0.3) is 0 Å². The van der Waals surface area contributed by atoms with Crippen LogP contribution in [0.5, 0.6) is 0 Å². The summed E-state index contributed by atoms with van der Waals surface area (Å²) >= 11 is 12.9. The molecule has 1 rings (SSSR count). The number of rotatable bonds is 4. The highest BCUT2D eigenvalue weighted by molar-refractivity contribution is 7.16. The first-order chi connectivity index (χ1) is 6.59. The summed E-state index contributed by atoms with van der Waals surface area (Å²) in [5.41, 5.74) is 0. The SMILES string of the molecule is CC(Cl)C(=O)NCCc1ccc(Cl)s1. The van der Waals surface area contributed by atoms with Gasteiger partial charge in [0, 0.05) is 11.4 Å². The number of alkyl halides is 1. The maximum atomic E-state index is 11.1. The lowest BCUT2D eigenvalue weighted by atomic mass is 10.3. The fourth-order valence-corrected chi connectivity index (χ4v) is 2.10. The first-order valence-corrected chi connectivity index (χ1v) is 5.88. The predicted molar refractivity (Wildman–Crippen MR) is 61.4 cm³/mol. The average Bonchev–Trinajstić information content (AvgIpc) is 2.51. The van der Waals surface area contributed by atoms with E-state index in [1.165, 1.54) is 11.3 Å². The number of thiophene rings is 1. The van der Waals surface area contributed by atoms with Gasteiger partial charge in [-0.1, -0.05) is 11.6 Å². The summed E-state index contributed by atoms with van der Waals surface area (Å²) in [4.78, 5) is 12.2. The van der Waals surface area contributed by atoms with Gasteiger partial charge in [-0.3, -0.25) is 4.79 Å². The molecule has 1 N–H and O–H groups in total. The van der Waals surface area contributed by atoms with Gasteiger partial charge in [0.1, 0.15) is 5.38 Å². The highest BCUT2D eigenvalue weighted by atomic mass is 35.5. The molecule has 0 bridgehead atoms. The molecular weight excluding hydrogens is 241 g/mol. The molecule has 14 heavy (non-hydrogen) atoms. The minimum atomic E-state index is -0.470. The maximum absolute atomic E-state index is 11.1. The van der Waals surface area contributed by atoms with E-state index in [0.717, 1.165) is 15.6 Å². The van der Waals surface area contributed by atoms with Gasteiger partial charge in [0.2, 0.25) is 5.91 Å². The molecule has 1 unspecified atom stereocenters. The second kappa shape index (κ2) is 5.59. The monoisotopic (exact) mass is 251 g/mol. The highest BCUT2D eigenvalue weighted by Gasteiger charge is 2.07. The first-order valence-electron chi connectivity index (χ1n) is 4.25. The molecule has 5 heteroatoms. The van der Waals surface area contributed by atoms with Crippen molar-refractivity contribution in [1.29, 1.82) is 0 Å². The lowest BCUT2D eigenvalue weighted by Gasteiger charge is -2.04. The Labute approximate surface area is 97.2 Å². The Morgan fingerprint density at radius 2 is 2.36 bits per heavy atom. The normalized spacial score (nSPS) is 12.5. The van der Waals surface area contributed by atoms with E-state index in [9.17, 15) is 4.79 Å². The smallest absolute Gasteiger partial charge is 0.237 e. The quantitative estimate of drug-likeness (QED) is 0.820. The van der Waals surface area contributed by atoms with Gasteiger partial charge in [-0.05, 0) is 25.5 Å². The van der Waals surface area contributed by atoms with Crippen LogP contribution in [0, 0.1) is 0 Å². The molecule has 0 spiro atoms. The van der Waals surface area contributed by atoms with Gasteiger partial charge in [-0.25, -0.2) is 0 Å². The first kappa shape index (κ1) is 11.8. The summed E-state index contributed by atoms with van der Waals surface area (Å²) in [6.07, 6.45) is 0.798. The second-order valence-corrected chi connectivity index (χ2v) is 5.32. The van der Waals surface area contributed by atoms with Gasteiger partial charge in [0.25, 0.3) is 0 Å². The molecule has 0 saturated heterocycles. The molecule has 0 aliphatic heterocycles. The van der Waals surface area contributed by atoms with Gasteiger partial charge >= 0.3 is 0 Å². The zero-order chi connectivity index (χ0) is 10.6. The Balaban J connectivity index is 2.25. The molecule has 1 atom stereocenters. The highest BCUT2D eigenvalue weighted by Crippen LogP contribution is 2.21. The third-order valence-corrected chi connectivity index (χ3v) is 3.15. The third kappa shape index (κ3) is 3.86. The van der Waals surface area contributed by atoms with Crippen molar-refractivity contribution in [1.82, 2.24) is 5.32 Å². The van der Waals surface area contributed by atoms with Gasteiger partial charge in [-0.15, -0.1) is 22.9 Å². The number of carbonyl (C=O) groups excluding carboxylic acids is 1. The van der Waals surface area contributed by atoms with E-state index in [2.05, 4.69) is 5.32 Å². The summed E-state index contributed by atoms with van der Waals surface area (Å²) in [5, 5.41) is 2.26. The van der Waals surface area contributed by atoms with Crippen LogP contribution >= 0.6 is 34.5 Å². The number of hydrogen-bond donors (Lipinski definition) is 1. The Kier molecular flexibility index (Phi) is 4.72. The van der Waals surface area contributed by atoms with E-state index in [1.54, 1.807) is 6.92 Å². The van der Waals surface area contributed by atoms with Crippen LogP contribution in [0.2, 0.25) is 4.34 Å². The van der Waals surface area contributed by atoms with E-state index >= 15 is 0 Å². The largest absolute Gasteiger partial charge is 0.354 e. The zero-order valence-corrected chi connectivity index (χ0v) is 10.0. The minimum Gasteiger partial charge on any atom is -0.354 e. The molecule has 0 fully saturated rings. The van der Waals surface area contributed by atoms with Crippen molar-refractivity contribution in [2.75, 3.05) is 6.54 Å². The van der Waals surface area contributed by atoms with Crippen molar-refractivity contribution in [2.45, 2.75) is 18.7 Å². The van der Waals surface area contributed by atoms with E-state index in [4.69, 9.17) is 23.2 Å². The van der Waals surface area contributed by atoms with E-state index in [-0.39, 0.29) is 5.91 Å². The van der Waals surface area contributed by atoms with Gasteiger partial charge in [0.15, 0.2) is 0 Å².